The summed E-state index contributed by atoms with van der Waals surface area (Å²) in [6, 6.07) is 5.43. The van der Waals surface area contributed by atoms with Crippen LogP contribution in [0, 0.1) is 17.8 Å². The number of aliphatic hydroxyl groups is 1. The highest BCUT2D eigenvalue weighted by atomic mass is 16.5. The molecule has 2 saturated carbocycles. The first kappa shape index (κ1) is 13.4. The van der Waals surface area contributed by atoms with E-state index in [9.17, 15) is 9.90 Å². The van der Waals surface area contributed by atoms with E-state index in [0.717, 1.165) is 5.69 Å². The number of aliphatic hydroxyl groups excluding tert-OH is 1. The van der Waals surface area contributed by atoms with Crippen LogP contribution in [-0.4, -0.2) is 17.6 Å². The Labute approximate surface area is 119 Å². The molecule has 2 unspecified atom stereocenters. The first-order valence-electron chi connectivity index (χ1n) is 7.42. The van der Waals surface area contributed by atoms with Crippen molar-refractivity contribution in [3.8, 4) is 5.75 Å². The molecule has 2 fully saturated rings. The highest BCUT2D eigenvalue weighted by Gasteiger charge is 2.56. The summed E-state index contributed by atoms with van der Waals surface area (Å²) in [5.74, 6) is 2.27. The van der Waals surface area contributed by atoms with Crippen molar-refractivity contribution in [3.05, 3.63) is 23.8 Å². The van der Waals surface area contributed by atoms with E-state index in [-0.39, 0.29) is 18.4 Å². The second-order valence-corrected chi connectivity index (χ2v) is 5.69. The van der Waals surface area contributed by atoms with Crippen molar-refractivity contribution in [2.75, 3.05) is 11.9 Å². The summed E-state index contributed by atoms with van der Waals surface area (Å²) in [6.45, 7) is 2.38. The lowest BCUT2D eigenvalue weighted by Crippen LogP contribution is -2.16. The molecule has 0 saturated heterocycles. The zero-order valence-corrected chi connectivity index (χ0v) is 11.8. The molecule has 2 aliphatic rings. The molecule has 1 aromatic carbocycles. The van der Waals surface area contributed by atoms with Gasteiger partial charge in [0, 0.05) is 17.2 Å². The lowest BCUT2D eigenvalue weighted by atomic mass is 10.1. The SMILES string of the molecule is CCOc1ccc(NC(=O)C2C3CCCC32)cc1CO. The van der Waals surface area contributed by atoms with Crippen molar-refractivity contribution in [2.45, 2.75) is 32.8 Å². The Morgan fingerprint density at radius 2 is 2.15 bits per heavy atom. The van der Waals surface area contributed by atoms with E-state index in [1.807, 2.05) is 13.0 Å². The Hall–Kier alpha value is -1.55. The minimum absolute atomic E-state index is 0.0896. The summed E-state index contributed by atoms with van der Waals surface area (Å²) in [7, 11) is 0. The lowest BCUT2D eigenvalue weighted by Gasteiger charge is -2.12. The maximum Gasteiger partial charge on any atom is 0.228 e. The lowest BCUT2D eigenvalue weighted by molar-refractivity contribution is -0.118. The van der Waals surface area contributed by atoms with Crippen LogP contribution in [-0.2, 0) is 11.4 Å². The summed E-state index contributed by atoms with van der Waals surface area (Å²) < 4.78 is 5.44. The van der Waals surface area contributed by atoms with Crippen LogP contribution in [0.15, 0.2) is 18.2 Å². The van der Waals surface area contributed by atoms with Crippen molar-refractivity contribution in [1.29, 1.82) is 0 Å². The largest absolute Gasteiger partial charge is 0.494 e. The van der Waals surface area contributed by atoms with Gasteiger partial charge in [0.15, 0.2) is 0 Å². The van der Waals surface area contributed by atoms with Gasteiger partial charge in [-0.15, -0.1) is 0 Å². The standard InChI is InChI=1S/C16H21NO3/c1-2-20-14-7-6-11(8-10(14)9-18)17-16(19)15-12-4-3-5-13(12)15/h6-8,12-13,15,18H,2-5,9H2,1H3,(H,17,19). The fraction of sp³-hybridized carbons (Fsp3) is 0.562. The molecule has 1 aromatic rings. The predicted octanol–water partition coefficient (Wildman–Crippen LogP) is 2.56. The molecule has 4 heteroatoms. The minimum Gasteiger partial charge on any atom is -0.494 e. The Balaban J connectivity index is 1.66. The highest BCUT2D eigenvalue weighted by Crippen LogP contribution is 2.57. The molecule has 0 heterocycles. The summed E-state index contributed by atoms with van der Waals surface area (Å²) >= 11 is 0. The van der Waals surface area contributed by atoms with Crippen LogP contribution >= 0.6 is 0 Å². The number of nitrogens with one attached hydrogen (secondary N) is 1. The smallest absolute Gasteiger partial charge is 0.228 e. The fourth-order valence-electron chi connectivity index (χ4n) is 3.51. The number of hydrogen-bond acceptors (Lipinski definition) is 3. The Morgan fingerprint density at radius 3 is 2.80 bits per heavy atom. The molecule has 0 radical (unpaired) electrons. The number of ether oxygens (including phenoxy) is 1. The van der Waals surface area contributed by atoms with Crippen molar-refractivity contribution in [3.63, 3.8) is 0 Å². The molecule has 1 amide bonds. The molecular weight excluding hydrogens is 254 g/mol. The first-order valence-corrected chi connectivity index (χ1v) is 7.42. The van der Waals surface area contributed by atoms with Crippen LogP contribution < -0.4 is 10.1 Å². The van der Waals surface area contributed by atoms with E-state index in [1.165, 1.54) is 19.3 Å². The van der Waals surface area contributed by atoms with E-state index < -0.39 is 0 Å². The highest BCUT2D eigenvalue weighted by molar-refractivity contribution is 5.95. The second kappa shape index (κ2) is 5.44. The molecule has 108 valence electrons. The molecule has 0 bridgehead atoms. The number of fused-ring (bicyclic) bond motifs is 1. The zero-order valence-electron chi connectivity index (χ0n) is 11.8. The van der Waals surface area contributed by atoms with Gasteiger partial charge in [-0.25, -0.2) is 0 Å². The summed E-state index contributed by atoms with van der Waals surface area (Å²) in [6.07, 6.45) is 3.68. The molecule has 2 N–H and O–H groups in total. The maximum atomic E-state index is 12.2. The zero-order chi connectivity index (χ0) is 14.1. The van der Waals surface area contributed by atoms with Gasteiger partial charge in [0.2, 0.25) is 5.91 Å². The van der Waals surface area contributed by atoms with E-state index >= 15 is 0 Å². The molecule has 4 nitrogen and oxygen atoms in total. The number of carbonyl (C=O) groups is 1. The monoisotopic (exact) mass is 275 g/mol. The molecule has 0 spiro atoms. The predicted molar refractivity (Wildman–Crippen MR) is 76.5 cm³/mol. The third kappa shape index (κ3) is 2.40. The van der Waals surface area contributed by atoms with Crippen LogP contribution in [0.1, 0.15) is 31.7 Å². The van der Waals surface area contributed by atoms with E-state index in [2.05, 4.69) is 5.32 Å². The van der Waals surface area contributed by atoms with E-state index in [1.54, 1.807) is 12.1 Å². The summed E-state index contributed by atoms with van der Waals surface area (Å²) in [5.41, 5.74) is 1.45. The van der Waals surface area contributed by atoms with Gasteiger partial charge in [-0.3, -0.25) is 4.79 Å². The first-order chi connectivity index (χ1) is 9.74. The van der Waals surface area contributed by atoms with Gasteiger partial charge in [0.25, 0.3) is 0 Å². The van der Waals surface area contributed by atoms with Crippen LogP contribution in [0.3, 0.4) is 0 Å². The van der Waals surface area contributed by atoms with Gasteiger partial charge in [-0.1, -0.05) is 6.42 Å². The van der Waals surface area contributed by atoms with Crippen molar-refractivity contribution < 1.29 is 14.6 Å². The van der Waals surface area contributed by atoms with Crippen LogP contribution in [0.4, 0.5) is 5.69 Å². The third-order valence-electron chi connectivity index (χ3n) is 4.51. The molecule has 2 atom stereocenters. The molecule has 2 aliphatic carbocycles. The van der Waals surface area contributed by atoms with Crippen molar-refractivity contribution >= 4 is 11.6 Å². The number of hydrogen-bond donors (Lipinski definition) is 2. The van der Waals surface area contributed by atoms with Gasteiger partial charge >= 0.3 is 0 Å². The summed E-state index contributed by atoms with van der Waals surface area (Å²) in [5, 5.41) is 12.3. The molecule has 20 heavy (non-hydrogen) atoms. The number of amides is 1. The fourth-order valence-corrected chi connectivity index (χ4v) is 3.51. The van der Waals surface area contributed by atoms with E-state index in [4.69, 9.17) is 4.74 Å². The van der Waals surface area contributed by atoms with Gasteiger partial charge in [0.05, 0.1) is 13.2 Å². The molecule has 0 aromatic heterocycles. The van der Waals surface area contributed by atoms with Gasteiger partial charge in [-0.05, 0) is 49.8 Å². The molecule has 3 rings (SSSR count). The molecule has 0 aliphatic heterocycles. The number of rotatable bonds is 5. The number of anilines is 1. The van der Waals surface area contributed by atoms with Gasteiger partial charge in [0.1, 0.15) is 5.75 Å². The Bertz CT molecular complexity index is 504. The van der Waals surface area contributed by atoms with Crippen LogP contribution in [0.25, 0.3) is 0 Å². The minimum atomic E-state index is -0.0896. The quantitative estimate of drug-likeness (QED) is 0.868. The Kier molecular flexibility index (Phi) is 3.66. The van der Waals surface area contributed by atoms with E-state index in [0.29, 0.717) is 29.8 Å². The number of carbonyl (C=O) groups excluding carboxylic acids is 1. The van der Waals surface area contributed by atoms with Crippen LogP contribution in [0.2, 0.25) is 0 Å². The topological polar surface area (TPSA) is 58.6 Å². The average Bonchev–Trinajstić information content (AvgIpc) is 2.94. The van der Waals surface area contributed by atoms with Crippen molar-refractivity contribution in [1.82, 2.24) is 0 Å². The Morgan fingerprint density at radius 1 is 1.40 bits per heavy atom. The maximum absolute atomic E-state index is 12.2. The normalized spacial score (nSPS) is 27.0. The second-order valence-electron chi connectivity index (χ2n) is 5.69. The van der Waals surface area contributed by atoms with Crippen LogP contribution in [0.5, 0.6) is 5.75 Å². The van der Waals surface area contributed by atoms with Gasteiger partial charge < -0.3 is 15.2 Å². The van der Waals surface area contributed by atoms with Crippen molar-refractivity contribution in [2.24, 2.45) is 17.8 Å². The average molecular weight is 275 g/mol. The summed E-state index contributed by atoms with van der Waals surface area (Å²) in [4.78, 5) is 12.2. The van der Waals surface area contributed by atoms with Gasteiger partial charge in [-0.2, -0.15) is 0 Å². The number of benzene rings is 1. The molecular formula is C16H21NO3. The third-order valence-corrected chi connectivity index (χ3v) is 4.51.